The molecular weight excluding hydrogens is 201 g/mol. The maximum Gasteiger partial charge on any atom is 0.466 e. The zero-order valence-electron chi connectivity index (χ0n) is 2.51. The van der Waals surface area contributed by atoms with Crippen LogP contribution >= 0.6 is 7.82 Å². The van der Waals surface area contributed by atoms with Gasteiger partial charge in [0.05, 0.1) is 0 Å². The number of phosphoric acid groups is 1. The normalized spacial score (nSPS) is 9.83. The molecule has 0 unspecified atom stereocenters. The molecule has 0 amide bonds. The molecule has 0 spiro atoms. The predicted molar refractivity (Wildman–Crippen MR) is 14.3 cm³/mol. The fourth-order valence-corrected chi connectivity index (χ4v) is 0. The van der Waals surface area contributed by atoms with E-state index in [4.69, 9.17) is 19.2 Å². The van der Waals surface area contributed by atoms with Crippen LogP contribution in [0.3, 0.4) is 0 Å². The van der Waals surface area contributed by atoms with Crippen LogP contribution in [-0.4, -0.2) is 14.7 Å². The Bertz CT molecular complexity index is 53.7. The van der Waals surface area contributed by atoms with Crippen molar-refractivity contribution in [2.24, 2.45) is 0 Å². The van der Waals surface area contributed by atoms with Gasteiger partial charge in [-0.25, -0.2) is 4.57 Å². The third-order valence-corrected chi connectivity index (χ3v) is 0. The van der Waals surface area contributed by atoms with Crippen LogP contribution in [0.4, 0.5) is 0 Å². The molecule has 0 aliphatic heterocycles. The topological polar surface area (TPSA) is 77.8 Å². The van der Waals surface area contributed by atoms with E-state index in [-0.39, 0.29) is 20.4 Å². The van der Waals surface area contributed by atoms with Gasteiger partial charge in [0.25, 0.3) is 0 Å². The second-order valence-electron chi connectivity index (χ2n) is 0.513. The van der Waals surface area contributed by atoms with Crippen molar-refractivity contribution in [3.63, 3.8) is 0 Å². The molecule has 0 saturated carbocycles. The zero-order valence-corrected chi connectivity index (χ0v) is 4.96. The first-order valence-electron chi connectivity index (χ1n) is 0.783. The van der Waals surface area contributed by atoms with Gasteiger partial charge < -0.3 is 14.7 Å². The number of hydrogen-bond donors (Lipinski definition) is 3. The van der Waals surface area contributed by atoms with Crippen molar-refractivity contribution in [1.29, 1.82) is 0 Å². The molecule has 3 N–H and O–H groups in total. The van der Waals surface area contributed by atoms with Gasteiger partial charge in [-0.05, 0) is 0 Å². The Hall–Kier alpha value is 0.772. The van der Waals surface area contributed by atoms with E-state index in [1.54, 1.807) is 0 Å². The fourth-order valence-electron chi connectivity index (χ4n) is 0. The molecule has 0 atom stereocenters. The van der Waals surface area contributed by atoms with Crippen molar-refractivity contribution < 1.29 is 39.7 Å². The minimum absolute atomic E-state index is 0. The maximum atomic E-state index is 8.88. The molecule has 6 heteroatoms. The Balaban J connectivity index is 0. The summed E-state index contributed by atoms with van der Waals surface area (Å²) in [6, 6.07) is 0. The Kier molecular flexibility index (Phi) is 4.73. The third-order valence-electron chi connectivity index (χ3n) is 0. The van der Waals surface area contributed by atoms with E-state index in [1.807, 2.05) is 0 Å². The molecule has 0 fully saturated rings. The molecule has 0 aliphatic rings. The van der Waals surface area contributed by atoms with Crippen LogP contribution in [0.2, 0.25) is 0 Å². The molecule has 0 aromatic carbocycles. The van der Waals surface area contributed by atoms with E-state index in [0.717, 1.165) is 0 Å². The van der Waals surface area contributed by atoms with Gasteiger partial charge in [0, 0.05) is 20.4 Å². The number of hydrogen-bond acceptors (Lipinski definition) is 1. The fraction of sp³-hybridized carbons (Fsp3) is 0. The Morgan fingerprint density at radius 1 is 1.17 bits per heavy atom. The monoisotopic (exact) mass is 204 g/mol. The van der Waals surface area contributed by atoms with Crippen LogP contribution in [-0.2, 0) is 25.0 Å². The standard InChI is InChI=1S/H3O4P.Pd/c1-5(2,3)4;/h(H3,1,2,3,4);. The second-order valence-corrected chi connectivity index (χ2v) is 1.54. The molecule has 0 heterocycles. The smallest absolute Gasteiger partial charge is 0.303 e. The first-order chi connectivity index (χ1) is 2.00. The van der Waals surface area contributed by atoms with Crippen molar-refractivity contribution in [3.05, 3.63) is 0 Å². The first-order valence-corrected chi connectivity index (χ1v) is 2.35. The van der Waals surface area contributed by atoms with Crippen LogP contribution in [0.15, 0.2) is 0 Å². The van der Waals surface area contributed by atoms with Gasteiger partial charge in [-0.2, -0.15) is 0 Å². The summed E-state index contributed by atoms with van der Waals surface area (Å²) in [6.45, 7) is 0. The van der Waals surface area contributed by atoms with Crippen molar-refractivity contribution >= 4 is 7.82 Å². The Morgan fingerprint density at radius 2 is 1.17 bits per heavy atom. The van der Waals surface area contributed by atoms with Crippen LogP contribution in [0.1, 0.15) is 0 Å². The molecule has 0 aliphatic carbocycles. The molecule has 0 radical (unpaired) electrons. The van der Waals surface area contributed by atoms with E-state index in [0.29, 0.717) is 0 Å². The van der Waals surface area contributed by atoms with E-state index < -0.39 is 7.82 Å². The van der Waals surface area contributed by atoms with Crippen LogP contribution < -0.4 is 0 Å². The molecule has 42 valence electrons. The Morgan fingerprint density at radius 3 is 1.17 bits per heavy atom. The van der Waals surface area contributed by atoms with E-state index in [1.165, 1.54) is 0 Å². The average Bonchev–Trinajstić information content (AvgIpc) is 0.722. The van der Waals surface area contributed by atoms with Gasteiger partial charge in [0.1, 0.15) is 0 Å². The van der Waals surface area contributed by atoms with Crippen molar-refractivity contribution in [1.82, 2.24) is 0 Å². The summed E-state index contributed by atoms with van der Waals surface area (Å²) in [4.78, 5) is 21.6. The van der Waals surface area contributed by atoms with Crippen molar-refractivity contribution in [3.8, 4) is 0 Å². The summed E-state index contributed by atoms with van der Waals surface area (Å²) in [5.74, 6) is 0. The molecule has 0 saturated heterocycles. The first kappa shape index (κ1) is 9.91. The molecule has 4 nitrogen and oxygen atoms in total. The Labute approximate surface area is 48.1 Å². The predicted octanol–water partition coefficient (Wildman–Crippen LogP) is -0.931. The SMILES string of the molecule is O=P(O)(O)O.[Pd]. The summed E-state index contributed by atoms with van der Waals surface area (Å²) >= 11 is 0. The van der Waals surface area contributed by atoms with Crippen LogP contribution in [0.25, 0.3) is 0 Å². The summed E-state index contributed by atoms with van der Waals surface area (Å²) in [5.41, 5.74) is 0. The maximum absolute atomic E-state index is 8.88. The molecule has 0 bridgehead atoms. The van der Waals surface area contributed by atoms with Gasteiger partial charge in [-0.1, -0.05) is 0 Å². The summed E-state index contributed by atoms with van der Waals surface area (Å²) in [5, 5.41) is 0. The van der Waals surface area contributed by atoms with Gasteiger partial charge in [0.2, 0.25) is 0 Å². The van der Waals surface area contributed by atoms with E-state index in [2.05, 4.69) is 0 Å². The summed E-state index contributed by atoms with van der Waals surface area (Å²) in [6.07, 6.45) is 0. The molecular formula is H3O4PPd. The van der Waals surface area contributed by atoms with Gasteiger partial charge in [-0.3, -0.25) is 0 Å². The summed E-state index contributed by atoms with van der Waals surface area (Å²) in [7, 11) is -4.64. The largest absolute Gasteiger partial charge is 0.466 e. The molecule has 0 rings (SSSR count). The third kappa shape index (κ3) is 114. The molecule has 0 aromatic heterocycles. The summed E-state index contributed by atoms with van der Waals surface area (Å²) < 4.78 is 8.88. The average molecular weight is 204 g/mol. The van der Waals surface area contributed by atoms with Gasteiger partial charge in [-0.15, -0.1) is 0 Å². The van der Waals surface area contributed by atoms with Crippen molar-refractivity contribution in [2.75, 3.05) is 0 Å². The van der Waals surface area contributed by atoms with Crippen LogP contribution in [0, 0.1) is 0 Å². The molecule has 6 heavy (non-hydrogen) atoms. The quantitative estimate of drug-likeness (QED) is 0.352. The number of rotatable bonds is 0. The second kappa shape index (κ2) is 2.87. The zero-order chi connectivity index (χ0) is 4.50. The minimum atomic E-state index is -4.64. The van der Waals surface area contributed by atoms with Crippen LogP contribution in [0.5, 0.6) is 0 Å². The van der Waals surface area contributed by atoms with Gasteiger partial charge in [0.15, 0.2) is 0 Å². The van der Waals surface area contributed by atoms with E-state index in [9.17, 15) is 0 Å². The van der Waals surface area contributed by atoms with E-state index >= 15 is 0 Å². The van der Waals surface area contributed by atoms with Crippen molar-refractivity contribution in [2.45, 2.75) is 0 Å². The minimum Gasteiger partial charge on any atom is -0.303 e. The van der Waals surface area contributed by atoms with Gasteiger partial charge >= 0.3 is 7.82 Å². The molecule has 0 aromatic rings.